The summed E-state index contributed by atoms with van der Waals surface area (Å²) in [5.41, 5.74) is 0.344. The number of furan rings is 1. The zero-order chi connectivity index (χ0) is 15.5. The number of aromatic nitrogens is 2. The molecule has 1 aliphatic rings. The molecule has 0 N–H and O–H groups in total. The van der Waals surface area contributed by atoms with Crippen molar-refractivity contribution < 1.29 is 4.42 Å². The third kappa shape index (κ3) is 2.82. The van der Waals surface area contributed by atoms with E-state index in [2.05, 4.69) is 40.8 Å². The summed E-state index contributed by atoms with van der Waals surface area (Å²) in [6.45, 7) is 5.29. The lowest BCUT2D eigenvalue weighted by atomic mass is 9.91. The van der Waals surface area contributed by atoms with Crippen LogP contribution >= 0.6 is 0 Å². The van der Waals surface area contributed by atoms with Crippen LogP contribution in [0.4, 0.5) is 5.82 Å². The summed E-state index contributed by atoms with van der Waals surface area (Å²) in [7, 11) is 0. The molecule has 1 saturated heterocycles. The molecule has 0 bridgehead atoms. The number of anilines is 1. The van der Waals surface area contributed by atoms with E-state index < -0.39 is 0 Å². The van der Waals surface area contributed by atoms with Crippen LogP contribution in [0.5, 0.6) is 0 Å². The van der Waals surface area contributed by atoms with Crippen LogP contribution in [0.2, 0.25) is 0 Å². The second-order valence-corrected chi connectivity index (χ2v) is 5.87. The Morgan fingerprint density at radius 1 is 1.36 bits per heavy atom. The highest BCUT2D eigenvalue weighted by molar-refractivity contribution is 5.41. The molecule has 0 amide bonds. The molecule has 0 aromatic carbocycles. The standard InChI is InChI=1S/C17H20N4O/c1-3-14-4-5-16(22-14)15-8-12(2)6-7-21(15)17-11-19-13(9-18)10-20-17/h4-5,10-12,15H,3,6-8H2,1-2H3. The molecule has 1 aliphatic heterocycles. The Labute approximate surface area is 130 Å². The van der Waals surface area contributed by atoms with Crippen LogP contribution in [0.1, 0.15) is 49.9 Å². The van der Waals surface area contributed by atoms with E-state index in [-0.39, 0.29) is 6.04 Å². The van der Waals surface area contributed by atoms with Crippen LogP contribution in [-0.4, -0.2) is 16.5 Å². The number of hydrogen-bond donors (Lipinski definition) is 0. The largest absolute Gasteiger partial charge is 0.464 e. The molecule has 0 saturated carbocycles. The minimum Gasteiger partial charge on any atom is -0.464 e. The van der Waals surface area contributed by atoms with Gasteiger partial charge in [0.25, 0.3) is 0 Å². The van der Waals surface area contributed by atoms with Gasteiger partial charge in [-0.05, 0) is 30.9 Å². The van der Waals surface area contributed by atoms with Gasteiger partial charge < -0.3 is 9.32 Å². The fourth-order valence-corrected chi connectivity index (χ4v) is 2.98. The number of piperidine rings is 1. The van der Waals surface area contributed by atoms with E-state index in [1.54, 1.807) is 6.20 Å². The van der Waals surface area contributed by atoms with E-state index in [1.807, 2.05) is 6.07 Å². The van der Waals surface area contributed by atoms with Crippen molar-refractivity contribution in [1.82, 2.24) is 9.97 Å². The van der Waals surface area contributed by atoms with Crippen molar-refractivity contribution in [3.63, 3.8) is 0 Å². The van der Waals surface area contributed by atoms with Gasteiger partial charge in [0, 0.05) is 13.0 Å². The molecule has 5 nitrogen and oxygen atoms in total. The molecule has 0 spiro atoms. The second kappa shape index (κ2) is 6.18. The van der Waals surface area contributed by atoms with E-state index in [1.165, 1.54) is 6.20 Å². The van der Waals surface area contributed by atoms with Crippen molar-refractivity contribution in [2.45, 2.75) is 39.2 Å². The summed E-state index contributed by atoms with van der Waals surface area (Å²) in [4.78, 5) is 10.8. The van der Waals surface area contributed by atoms with Gasteiger partial charge in [-0.3, -0.25) is 0 Å². The van der Waals surface area contributed by atoms with E-state index in [0.717, 1.165) is 43.1 Å². The second-order valence-electron chi connectivity index (χ2n) is 5.87. The third-order valence-electron chi connectivity index (χ3n) is 4.27. The first-order valence-corrected chi connectivity index (χ1v) is 7.78. The molecule has 114 valence electrons. The minimum absolute atomic E-state index is 0.186. The van der Waals surface area contributed by atoms with Gasteiger partial charge in [0.2, 0.25) is 0 Å². The van der Waals surface area contributed by atoms with Crippen LogP contribution in [-0.2, 0) is 6.42 Å². The Morgan fingerprint density at radius 3 is 2.86 bits per heavy atom. The number of hydrogen-bond acceptors (Lipinski definition) is 5. The maximum Gasteiger partial charge on any atom is 0.158 e. The van der Waals surface area contributed by atoms with Crippen molar-refractivity contribution in [1.29, 1.82) is 5.26 Å². The fraction of sp³-hybridized carbons (Fsp3) is 0.471. The van der Waals surface area contributed by atoms with Crippen molar-refractivity contribution in [3.05, 3.63) is 41.7 Å². The summed E-state index contributed by atoms with van der Waals surface area (Å²) in [6, 6.07) is 6.32. The molecule has 3 heterocycles. The predicted molar refractivity (Wildman–Crippen MR) is 83.3 cm³/mol. The average molecular weight is 296 g/mol. The van der Waals surface area contributed by atoms with Gasteiger partial charge in [0.1, 0.15) is 23.4 Å². The van der Waals surface area contributed by atoms with Crippen molar-refractivity contribution in [3.8, 4) is 6.07 Å². The van der Waals surface area contributed by atoms with Crippen LogP contribution in [0, 0.1) is 17.2 Å². The molecule has 2 aromatic rings. The normalized spacial score (nSPS) is 21.6. The topological polar surface area (TPSA) is 66.0 Å². The van der Waals surface area contributed by atoms with Gasteiger partial charge in [-0.2, -0.15) is 5.26 Å². The first-order chi connectivity index (χ1) is 10.7. The van der Waals surface area contributed by atoms with Gasteiger partial charge in [-0.15, -0.1) is 0 Å². The van der Waals surface area contributed by atoms with Gasteiger partial charge in [0.05, 0.1) is 18.4 Å². The smallest absolute Gasteiger partial charge is 0.158 e. The minimum atomic E-state index is 0.186. The summed E-state index contributed by atoms with van der Waals surface area (Å²) >= 11 is 0. The zero-order valence-corrected chi connectivity index (χ0v) is 13.0. The maximum atomic E-state index is 8.85. The molecule has 1 fully saturated rings. The summed E-state index contributed by atoms with van der Waals surface area (Å²) in [5.74, 6) is 3.47. The van der Waals surface area contributed by atoms with Crippen LogP contribution in [0.15, 0.2) is 28.9 Å². The zero-order valence-electron chi connectivity index (χ0n) is 13.0. The van der Waals surface area contributed by atoms with Crippen molar-refractivity contribution >= 4 is 5.82 Å². The molecule has 0 aliphatic carbocycles. The summed E-state index contributed by atoms with van der Waals surface area (Å²) < 4.78 is 5.98. The molecular weight excluding hydrogens is 276 g/mol. The Morgan fingerprint density at radius 2 is 2.23 bits per heavy atom. The van der Waals surface area contributed by atoms with Crippen molar-refractivity contribution in [2.75, 3.05) is 11.4 Å². The molecule has 3 rings (SSSR count). The molecular formula is C17H20N4O. The van der Waals surface area contributed by atoms with E-state index in [4.69, 9.17) is 9.68 Å². The number of aryl methyl sites for hydroxylation is 1. The Hall–Kier alpha value is -2.35. The highest BCUT2D eigenvalue weighted by Gasteiger charge is 2.31. The first-order valence-electron chi connectivity index (χ1n) is 7.78. The molecule has 0 radical (unpaired) electrons. The van der Waals surface area contributed by atoms with E-state index in [9.17, 15) is 0 Å². The molecule has 5 heteroatoms. The number of nitrogens with zero attached hydrogens (tertiary/aromatic N) is 4. The predicted octanol–water partition coefficient (Wildman–Crippen LogP) is 3.48. The molecule has 2 atom stereocenters. The lowest BCUT2D eigenvalue weighted by molar-refractivity contribution is 0.321. The Kier molecular flexibility index (Phi) is 4.10. The molecule has 2 aromatic heterocycles. The van der Waals surface area contributed by atoms with Gasteiger partial charge in [0.15, 0.2) is 5.69 Å². The monoisotopic (exact) mass is 296 g/mol. The lowest BCUT2D eigenvalue weighted by Gasteiger charge is -2.38. The van der Waals surface area contributed by atoms with E-state index in [0.29, 0.717) is 11.6 Å². The Bertz CT molecular complexity index is 671. The van der Waals surface area contributed by atoms with Crippen LogP contribution < -0.4 is 4.90 Å². The van der Waals surface area contributed by atoms with Gasteiger partial charge in [-0.1, -0.05) is 13.8 Å². The van der Waals surface area contributed by atoms with Crippen molar-refractivity contribution in [2.24, 2.45) is 5.92 Å². The average Bonchev–Trinajstić information content (AvgIpc) is 3.04. The van der Waals surface area contributed by atoms with Gasteiger partial charge in [-0.25, -0.2) is 9.97 Å². The summed E-state index contributed by atoms with van der Waals surface area (Å²) in [6.07, 6.45) is 6.28. The highest BCUT2D eigenvalue weighted by Crippen LogP contribution is 2.37. The van der Waals surface area contributed by atoms with E-state index >= 15 is 0 Å². The lowest BCUT2D eigenvalue weighted by Crippen LogP contribution is -2.36. The fourth-order valence-electron chi connectivity index (χ4n) is 2.98. The quantitative estimate of drug-likeness (QED) is 0.867. The maximum absolute atomic E-state index is 8.85. The number of nitriles is 1. The summed E-state index contributed by atoms with van der Waals surface area (Å²) in [5, 5.41) is 8.85. The van der Waals surface area contributed by atoms with Crippen LogP contribution in [0.3, 0.4) is 0 Å². The highest BCUT2D eigenvalue weighted by atomic mass is 16.3. The first kappa shape index (κ1) is 14.6. The molecule has 2 unspecified atom stereocenters. The Balaban J connectivity index is 1.90. The van der Waals surface area contributed by atoms with Crippen LogP contribution in [0.25, 0.3) is 0 Å². The van der Waals surface area contributed by atoms with Gasteiger partial charge >= 0.3 is 0 Å². The SMILES string of the molecule is CCc1ccc(C2CC(C)CCN2c2cnc(C#N)cn2)o1. The number of rotatable bonds is 3. The molecule has 22 heavy (non-hydrogen) atoms. The third-order valence-corrected chi connectivity index (χ3v) is 4.27.